The van der Waals surface area contributed by atoms with Crippen LogP contribution >= 0.6 is 0 Å². The Morgan fingerprint density at radius 3 is 2.43 bits per heavy atom. The summed E-state index contributed by atoms with van der Waals surface area (Å²) in [5.74, 6) is 0.262. The quantitative estimate of drug-likeness (QED) is 0.682. The number of nitrogens with one attached hydrogen (secondary N) is 1. The molecule has 1 N–H and O–H groups in total. The Bertz CT molecular complexity index is 649. The molecule has 0 saturated carbocycles. The lowest BCUT2D eigenvalue weighted by Crippen LogP contribution is -2.22. The van der Waals surface area contributed by atoms with Crippen LogP contribution in [-0.2, 0) is 4.79 Å². The molecule has 0 atom stereocenters. The third kappa shape index (κ3) is 5.18. The van der Waals surface area contributed by atoms with Gasteiger partial charge in [0.2, 0.25) is 6.41 Å². The Labute approximate surface area is 137 Å². The molecule has 0 unspecified atom stereocenters. The van der Waals surface area contributed by atoms with Gasteiger partial charge in [-0.1, -0.05) is 36.4 Å². The van der Waals surface area contributed by atoms with Gasteiger partial charge in [0.25, 0.3) is 0 Å². The van der Waals surface area contributed by atoms with Gasteiger partial charge in [0.1, 0.15) is 0 Å². The van der Waals surface area contributed by atoms with Crippen LogP contribution in [0.4, 0.5) is 0 Å². The zero-order chi connectivity index (χ0) is 16.5. The number of likely N-dealkylation sites (tertiary alicyclic amines) is 1. The van der Waals surface area contributed by atoms with Crippen LogP contribution in [0, 0.1) is 0 Å². The Morgan fingerprint density at radius 2 is 1.78 bits per heavy atom. The van der Waals surface area contributed by atoms with Crippen LogP contribution in [0.15, 0.2) is 42.5 Å². The fraction of sp³-hybridized carbons (Fsp3) is 0.368. The summed E-state index contributed by atoms with van der Waals surface area (Å²) in [4.78, 5) is 23.7. The first-order chi connectivity index (χ1) is 11.2. The lowest BCUT2D eigenvalue weighted by molar-refractivity contribution is -0.109. The molecule has 1 aliphatic heterocycles. The van der Waals surface area contributed by atoms with Gasteiger partial charge >= 0.3 is 0 Å². The van der Waals surface area contributed by atoms with Crippen LogP contribution < -0.4 is 5.32 Å². The molecule has 0 spiro atoms. The van der Waals surface area contributed by atoms with Crippen LogP contribution in [-0.4, -0.2) is 43.8 Å². The van der Waals surface area contributed by atoms with Gasteiger partial charge in [-0.05, 0) is 42.8 Å². The summed E-state index contributed by atoms with van der Waals surface area (Å²) in [5, 5.41) is 4.59. The van der Waals surface area contributed by atoms with Crippen molar-refractivity contribution >= 4 is 23.0 Å². The number of amides is 1. The first kappa shape index (κ1) is 17.2. The maximum absolute atomic E-state index is 12.2. The molecule has 1 fully saturated rings. The molecule has 1 aliphatic rings. The fourth-order valence-corrected chi connectivity index (χ4v) is 2.77. The second-order valence-corrected chi connectivity index (χ2v) is 5.69. The minimum atomic E-state index is 0.262. The molecule has 4 nitrogen and oxygen atoms in total. The van der Waals surface area contributed by atoms with Crippen LogP contribution in [0.3, 0.4) is 0 Å². The van der Waals surface area contributed by atoms with Crippen molar-refractivity contribution in [2.75, 3.05) is 26.7 Å². The molecule has 3 rings (SSSR count). The predicted molar refractivity (Wildman–Crippen MR) is 93.7 cm³/mol. The van der Waals surface area contributed by atoms with Gasteiger partial charge in [-0.3, -0.25) is 9.59 Å². The number of hydrogen-bond acceptors (Lipinski definition) is 3. The number of Topliss-reactive ketones (excluding diaryl/α,β-unsaturated/α-hetero) is 1. The van der Waals surface area contributed by atoms with Gasteiger partial charge in [0.15, 0.2) is 5.78 Å². The lowest BCUT2D eigenvalue weighted by Gasteiger charge is -2.13. The van der Waals surface area contributed by atoms with E-state index in [1.54, 1.807) is 7.05 Å². The van der Waals surface area contributed by atoms with E-state index in [9.17, 15) is 4.79 Å². The molecule has 2 aromatic rings. The molecule has 1 heterocycles. The largest absolute Gasteiger partial charge is 0.362 e. The molecule has 4 heteroatoms. The monoisotopic (exact) mass is 312 g/mol. The lowest BCUT2D eigenvalue weighted by atomic mass is 10.0. The first-order valence-corrected chi connectivity index (χ1v) is 8.10. The zero-order valence-corrected chi connectivity index (χ0v) is 13.6. The second-order valence-electron chi connectivity index (χ2n) is 5.69. The van der Waals surface area contributed by atoms with Gasteiger partial charge in [-0.2, -0.15) is 0 Å². The van der Waals surface area contributed by atoms with Crippen molar-refractivity contribution in [2.45, 2.75) is 19.3 Å². The molecular formula is C19H24N2O2. The summed E-state index contributed by atoms with van der Waals surface area (Å²) < 4.78 is 0. The van der Waals surface area contributed by atoms with Crippen LogP contribution in [0.5, 0.6) is 0 Å². The number of nitrogens with zero attached hydrogens (tertiary/aromatic N) is 1. The van der Waals surface area contributed by atoms with Crippen LogP contribution in [0.1, 0.15) is 29.6 Å². The Morgan fingerprint density at radius 1 is 1.13 bits per heavy atom. The number of hydrogen-bond donors (Lipinski definition) is 1. The van der Waals surface area contributed by atoms with Gasteiger partial charge < -0.3 is 10.2 Å². The molecule has 1 saturated heterocycles. The van der Waals surface area contributed by atoms with Crippen molar-refractivity contribution in [1.82, 2.24) is 10.2 Å². The molecule has 122 valence electrons. The van der Waals surface area contributed by atoms with E-state index in [2.05, 4.69) is 22.3 Å². The topological polar surface area (TPSA) is 49.4 Å². The number of carbonyl (C=O) groups is 2. The summed E-state index contributed by atoms with van der Waals surface area (Å²) in [6.45, 7) is 3.22. The molecule has 0 aliphatic carbocycles. The Hall–Kier alpha value is -2.20. The van der Waals surface area contributed by atoms with E-state index in [-0.39, 0.29) is 5.78 Å². The minimum absolute atomic E-state index is 0.262. The van der Waals surface area contributed by atoms with Gasteiger partial charge in [-0.25, -0.2) is 0 Å². The van der Waals surface area contributed by atoms with E-state index in [1.165, 1.54) is 18.2 Å². The second kappa shape index (κ2) is 9.06. The number of fused-ring (bicyclic) bond motifs is 1. The van der Waals surface area contributed by atoms with E-state index in [0.717, 1.165) is 30.6 Å². The average Bonchev–Trinajstić information content (AvgIpc) is 3.13. The number of ketones is 1. The van der Waals surface area contributed by atoms with Crippen molar-refractivity contribution in [3.63, 3.8) is 0 Å². The molecule has 2 aromatic carbocycles. The highest BCUT2D eigenvalue weighted by Crippen LogP contribution is 2.17. The van der Waals surface area contributed by atoms with E-state index in [4.69, 9.17) is 4.79 Å². The summed E-state index contributed by atoms with van der Waals surface area (Å²) in [7, 11) is 1.56. The van der Waals surface area contributed by atoms with E-state index in [1.807, 2.05) is 30.3 Å². The molecule has 23 heavy (non-hydrogen) atoms. The number of carbonyl (C=O) groups excluding carboxylic acids is 2. The van der Waals surface area contributed by atoms with Crippen molar-refractivity contribution in [3.8, 4) is 0 Å². The van der Waals surface area contributed by atoms with Gasteiger partial charge in [-0.15, -0.1) is 0 Å². The van der Waals surface area contributed by atoms with E-state index in [0.29, 0.717) is 12.8 Å². The highest BCUT2D eigenvalue weighted by atomic mass is 16.1. The number of rotatable bonds is 5. The SMILES string of the molecule is CNC=O.O=C(CCN1CCCC1)c1ccc2ccccc2c1. The van der Waals surface area contributed by atoms with Crippen molar-refractivity contribution in [3.05, 3.63) is 48.0 Å². The molecule has 0 bridgehead atoms. The first-order valence-electron chi connectivity index (χ1n) is 8.10. The van der Waals surface area contributed by atoms with E-state index >= 15 is 0 Å². The normalized spacial score (nSPS) is 14.1. The number of benzene rings is 2. The fourth-order valence-electron chi connectivity index (χ4n) is 2.77. The summed E-state index contributed by atoms with van der Waals surface area (Å²) in [5.41, 5.74) is 0.845. The molecule has 0 radical (unpaired) electrons. The highest BCUT2D eigenvalue weighted by molar-refractivity contribution is 6.00. The van der Waals surface area contributed by atoms with Crippen molar-refractivity contribution in [1.29, 1.82) is 0 Å². The van der Waals surface area contributed by atoms with E-state index < -0.39 is 0 Å². The minimum Gasteiger partial charge on any atom is -0.362 e. The van der Waals surface area contributed by atoms with Gasteiger partial charge in [0, 0.05) is 25.6 Å². The summed E-state index contributed by atoms with van der Waals surface area (Å²) >= 11 is 0. The molecule has 1 amide bonds. The molecular weight excluding hydrogens is 288 g/mol. The summed E-state index contributed by atoms with van der Waals surface area (Å²) in [6, 6.07) is 14.2. The van der Waals surface area contributed by atoms with Crippen LogP contribution in [0.25, 0.3) is 10.8 Å². The zero-order valence-electron chi connectivity index (χ0n) is 13.6. The third-order valence-electron chi connectivity index (χ3n) is 4.04. The van der Waals surface area contributed by atoms with Gasteiger partial charge in [0.05, 0.1) is 0 Å². The van der Waals surface area contributed by atoms with Crippen molar-refractivity contribution in [2.24, 2.45) is 0 Å². The maximum atomic E-state index is 12.2. The van der Waals surface area contributed by atoms with Crippen LogP contribution in [0.2, 0.25) is 0 Å². The predicted octanol–water partition coefficient (Wildman–Crippen LogP) is 2.87. The molecule has 0 aromatic heterocycles. The average molecular weight is 312 g/mol. The summed E-state index contributed by atoms with van der Waals surface area (Å²) in [6.07, 6.45) is 3.83. The highest BCUT2D eigenvalue weighted by Gasteiger charge is 2.13. The standard InChI is InChI=1S/C17H19NO.C2H5NO/c19-17(9-12-18-10-3-4-11-18)16-8-7-14-5-1-2-6-15(14)13-16;1-3-2-4/h1-2,5-8,13H,3-4,9-12H2;2H,1H3,(H,3,4). The third-order valence-corrected chi connectivity index (χ3v) is 4.04. The Kier molecular flexibility index (Phi) is 6.76. The van der Waals surface area contributed by atoms with Crippen molar-refractivity contribution < 1.29 is 9.59 Å². The smallest absolute Gasteiger partial charge is 0.206 e. The Balaban J connectivity index is 0.000000433. The maximum Gasteiger partial charge on any atom is 0.206 e.